The Labute approximate surface area is 196 Å². The molecular formula is C28H20BN3O2. The standard InChI is InChI=1S/C28H20BN3O2/c33-29(34)23-16-9-15-22-21-14-7-8-17-25(21)32(27(22)23)26-18-24(19-10-3-1-4-11-19)30-28(31-26)20-12-5-2-6-13-20/h1-18,33-34H. The molecule has 0 aliphatic rings. The third kappa shape index (κ3) is 3.37. The van der Waals surface area contributed by atoms with Crippen LogP contribution in [0.25, 0.3) is 50.3 Å². The van der Waals surface area contributed by atoms with Crippen LogP contribution in [0.4, 0.5) is 0 Å². The maximum absolute atomic E-state index is 10.2. The summed E-state index contributed by atoms with van der Waals surface area (Å²) in [5.41, 5.74) is 4.75. The van der Waals surface area contributed by atoms with E-state index in [0.29, 0.717) is 17.1 Å². The van der Waals surface area contributed by atoms with Crippen LogP contribution in [0.2, 0.25) is 0 Å². The molecule has 2 aromatic heterocycles. The van der Waals surface area contributed by atoms with Crippen molar-refractivity contribution in [2.24, 2.45) is 0 Å². The third-order valence-electron chi connectivity index (χ3n) is 6.05. The highest BCUT2D eigenvalue weighted by Crippen LogP contribution is 2.32. The van der Waals surface area contributed by atoms with Gasteiger partial charge in [-0.1, -0.05) is 97.1 Å². The summed E-state index contributed by atoms with van der Waals surface area (Å²) in [6.07, 6.45) is 0. The van der Waals surface area contributed by atoms with E-state index in [-0.39, 0.29) is 0 Å². The van der Waals surface area contributed by atoms with Gasteiger partial charge in [0.2, 0.25) is 0 Å². The molecule has 4 aromatic carbocycles. The van der Waals surface area contributed by atoms with Gasteiger partial charge >= 0.3 is 7.12 Å². The molecular weight excluding hydrogens is 421 g/mol. The van der Waals surface area contributed by atoms with Gasteiger partial charge in [-0.05, 0) is 6.07 Å². The van der Waals surface area contributed by atoms with Gasteiger partial charge in [-0.15, -0.1) is 0 Å². The SMILES string of the molecule is OB(O)c1cccc2c3ccccc3n(-c3cc(-c4ccccc4)nc(-c4ccccc4)n3)c12. The molecule has 162 valence electrons. The van der Waals surface area contributed by atoms with Gasteiger partial charge in [0.15, 0.2) is 5.82 Å². The van der Waals surface area contributed by atoms with E-state index in [4.69, 9.17) is 9.97 Å². The summed E-state index contributed by atoms with van der Waals surface area (Å²) in [5, 5.41) is 22.3. The Morgan fingerprint density at radius 3 is 2.00 bits per heavy atom. The summed E-state index contributed by atoms with van der Waals surface area (Å²) >= 11 is 0. The average Bonchev–Trinajstić information content (AvgIpc) is 3.24. The summed E-state index contributed by atoms with van der Waals surface area (Å²) < 4.78 is 2.00. The van der Waals surface area contributed by atoms with Crippen molar-refractivity contribution in [2.45, 2.75) is 0 Å². The van der Waals surface area contributed by atoms with Crippen LogP contribution in [0.15, 0.2) is 109 Å². The molecule has 34 heavy (non-hydrogen) atoms. The number of rotatable bonds is 4. The molecule has 5 nitrogen and oxygen atoms in total. The molecule has 6 heteroatoms. The number of fused-ring (bicyclic) bond motifs is 3. The van der Waals surface area contributed by atoms with Gasteiger partial charge in [-0.2, -0.15) is 0 Å². The van der Waals surface area contributed by atoms with Crippen molar-refractivity contribution >= 4 is 34.4 Å². The van der Waals surface area contributed by atoms with Crippen LogP contribution in [-0.4, -0.2) is 31.7 Å². The number of hydrogen-bond donors (Lipinski definition) is 2. The Kier molecular flexibility index (Phi) is 4.95. The molecule has 0 saturated carbocycles. The van der Waals surface area contributed by atoms with Crippen molar-refractivity contribution in [2.75, 3.05) is 0 Å². The second kappa shape index (κ2) is 8.26. The lowest BCUT2D eigenvalue weighted by Gasteiger charge is -2.13. The van der Waals surface area contributed by atoms with E-state index in [1.54, 1.807) is 6.07 Å². The van der Waals surface area contributed by atoms with Crippen LogP contribution in [0.5, 0.6) is 0 Å². The minimum Gasteiger partial charge on any atom is -0.423 e. The Morgan fingerprint density at radius 1 is 0.618 bits per heavy atom. The van der Waals surface area contributed by atoms with Crippen LogP contribution in [0.1, 0.15) is 0 Å². The van der Waals surface area contributed by atoms with Crippen molar-refractivity contribution in [3.63, 3.8) is 0 Å². The highest BCUT2D eigenvalue weighted by molar-refractivity contribution is 6.62. The molecule has 2 heterocycles. The summed E-state index contributed by atoms with van der Waals surface area (Å²) in [4.78, 5) is 9.84. The monoisotopic (exact) mass is 441 g/mol. The second-order valence-corrected chi connectivity index (χ2v) is 8.14. The Balaban J connectivity index is 1.73. The van der Waals surface area contributed by atoms with E-state index >= 15 is 0 Å². The van der Waals surface area contributed by atoms with Gasteiger partial charge in [-0.3, -0.25) is 4.57 Å². The number of nitrogens with zero attached hydrogens (tertiary/aromatic N) is 3. The van der Waals surface area contributed by atoms with Gasteiger partial charge in [0, 0.05) is 33.4 Å². The van der Waals surface area contributed by atoms with Gasteiger partial charge in [0.1, 0.15) is 5.82 Å². The molecule has 0 radical (unpaired) electrons. The van der Waals surface area contributed by atoms with E-state index in [1.807, 2.05) is 108 Å². The number of benzene rings is 4. The molecule has 0 aliphatic heterocycles. The zero-order valence-corrected chi connectivity index (χ0v) is 18.2. The fourth-order valence-electron chi connectivity index (χ4n) is 4.51. The first-order valence-corrected chi connectivity index (χ1v) is 11.1. The summed E-state index contributed by atoms with van der Waals surface area (Å²) in [6, 6.07) is 35.4. The minimum absolute atomic E-state index is 0.426. The molecule has 0 bridgehead atoms. The van der Waals surface area contributed by atoms with Crippen LogP contribution < -0.4 is 5.46 Å². The van der Waals surface area contributed by atoms with E-state index in [1.165, 1.54) is 0 Å². The van der Waals surface area contributed by atoms with Crippen LogP contribution in [0, 0.1) is 0 Å². The quantitative estimate of drug-likeness (QED) is 0.393. The van der Waals surface area contributed by atoms with Crippen molar-refractivity contribution < 1.29 is 10.0 Å². The molecule has 6 aromatic rings. The smallest absolute Gasteiger partial charge is 0.423 e. The molecule has 0 unspecified atom stereocenters. The molecule has 0 saturated heterocycles. The molecule has 6 rings (SSSR count). The lowest BCUT2D eigenvalue weighted by molar-refractivity contribution is 0.426. The molecule has 0 amide bonds. The normalized spacial score (nSPS) is 11.2. The highest BCUT2D eigenvalue weighted by Gasteiger charge is 2.22. The zero-order valence-electron chi connectivity index (χ0n) is 18.2. The number of hydrogen-bond acceptors (Lipinski definition) is 4. The maximum Gasteiger partial charge on any atom is 0.490 e. The topological polar surface area (TPSA) is 71.2 Å². The lowest BCUT2D eigenvalue weighted by Crippen LogP contribution is -2.31. The summed E-state index contributed by atoms with van der Waals surface area (Å²) in [5.74, 6) is 1.26. The average molecular weight is 441 g/mol. The van der Waals surface area contributed by atoms with Crippen LogP contribution in [0.3, 0.4) is 0 Å². The van der Waals surface area contributed by atoms with Crippen molar-refractivity contribution in [1.29, 1.82) is 0 Å². The molecule has 0 aliphatic carbocycles. The predicted octanol–water partition coefficient (Wildman–Crippen LogP) is 4.59. The lowest BCUT2D eigenvalue weighted by atomic mass is 9.79. The fourth-order valence-corrected chi connectivity index (χ4v) is 4.51. The Morgan fingerprint density at radius 2 is 1.26 bits per heavy atom. The van der Waals surface area contributed by atoms with E-state index < -0.39 is 7.12 Å². The molecule has 0 spiro atoms. The third-order valence-corrected chi connectivity index (χ3v) is 6.05. The molecule has 0 fully saturated rings. The highest BCUT2D eigenvalue weighted by atomic mass is 16.4. The number of aromatic nitrogens is 3. The van der Waals surface area contributed by atoms with Gasteiger partial charge in [0.25, 0.3) is 0 Å². The van der Waals surface area contributed by atoms with Crippen molar-refractivity contribution in [1.82, 2.24) is 14.5 Å². The van der Waals surface area contributed by atoms with Crippen LogP contribution in [-0.2, 0) is 0 Å². The zero-order chi connectivity index (χ0) is 23.1. The van der Waals surface area contributed by atoms with Crippen LogP contribution >= 0.6 is 0 Å². The number of para-hydroxylation sites is 2. The van der Waals surface area contributed by atoms with E-state index in [9.17, 15) is 10.0 Å². The van der Waals surface area contributed by atoms with Crippen molar-refractivity contribution in [3.05, 3.63) is 109 Å². The Hall–Kier alpha value is -4.26. The van der Waals surface area contributed by atoms with E-state index in [2.05, 4.69) is 0 Å². The first-order valence-electron chi connectivity index (χ1n) is 11.1. The fraction of sp³-hybridized carbons (Fsp3) is 0. The maximum atomic E-state index is 10.2. The Bertz CT molecular complexity index is 1570. The summed E-state index contributed by atoms with van der Waals surface area (Å²) in [6.45, 7) is 0. The predicted molar refractivity (Wildman–Crippen MR) is 137 cm³/mol. The van der Waals surface area contributed by atoms with E-state index in [0.717, 1.165) is 38.6 Å². The van der Waals surface area contributed by atoms with Crippen molar-refractivity contribution in [3.8, 4) is 28.5 Å². The largest absolute Gasteiger partial charge is 0.490 e. The van der Waals surface area contributed by atoms with Gasteiger partial charge in [-0.25, -0.2) is 9.97 Å². The molecule has 2 N–H and O–H groups in total. The second-order valence-electron chi connectivity index (χ2n) is 8.14. The first kappa shape index (κ1) is 20.4. The molecule has 0 atom stereocenters. The van der Waals surface area contributed by atoms with Gasteiger partial charge < -0.3 is 10.0 Å². The summed E-state index contributed by atoms with van der Waals surface area (Å²) in [7, 11) is -1.62. The minimum atomic E-state index is -1.62. The van der Waals surface area contributed by atoms with Gasteiger partial charge in [0.05, 0.1) is 16.7 Å². The first-order chi connectivity index (χ1) is 16.7.